The second-order valence-corrected chi connectivity index (χ2v) is 4.54. The molecule has 116 valence electrons. The largest absolute Gasteiger partial charge is 0.489 e. The maximum Gasteiger partial charge on any atom is 0.328 e. The van der Waals surface area contributed by atoms with Crippen LogP contribution in [0.1, 0.15) is 12.0 Å². The van der Waals surface area contributed by atoms with Crippen LogP contribution in [0, 0.1) is 0 Å². The maximum absolute atomic E-state index is 10.6. The van der Waals surface area contributed by atoms with Crippen molar-refractivity contribution in [2.75, 3.05) is 33.5 Å². The van der Waals surface area contributed by atoms with E-state index < -0.39 is 5.97 Å². The lowest BCUT2D eigenvalue weighted by Gasteiger charge is -2.11. The molecule has 1 aromatic carbocycles. The molecule has 0 amide bonds. The Labute approximate surface area is 129 Å². The third-order valence-corrected chi connectivity index (χ3v) is 2.81. The predicted molar refractivity (Wildman–Crippen MR) is 80.9 cm³/mol. The fourth-order valence-corrected chi connectivity index (χ4v) is 1.82. The standard InChI is InChI=1S/C15H19ClO5/c1-19-8-3-9-20-10-11-21-15-12(6-7-14(17)18)4-2-5-13(15)16/h2,4-7H,3,8-11H2,1H3,(H,17,18)/b7-6+. The van der Waals surface area contributed by atoms with E-state index in [1.54, 1.807) is 25.3 Å². The van der Waals surface area contributed by atoms with Crippen LogP contribution in [0.5, 0.6) is 5.75 Å². The third-order valence-electron chi connectivity index (χ3n) is 2.51. The number of aliphatic carboxylic acids is 1. The normalized spacial score (nSPS) is 11.0. The van der Waals surface area contributed by atoms with Gasteiger partial charge in [0.2, 0.25) is 0 Å². The Kier molecular flexibility index (Phi) is 8.50. The number of benzene rings is 1. The minimum absolute atomic E-state index is 0.338. The number of carboxylic acids is 1. The third kappa shape index (κ3) is 7.13. The fraction of sp³-hybridized carbons (Fsp3) is 0.400. The number of para-hydroxylation sites is 1. The summed E-state index contributed by atoms with van der Waals surface area (Å²) >= 11 is 6.06. The molecular weight excluding hydrogens is 296 g/mol. The Hall–Kier alpha value is -1.56. The number of carboxylic acid groups (broad SMARTS) is 1. The van der Waals surface area contributed by atoms with Gasteiger partial charge in [0.05, 0.1) is 11.6 Å². The van der Waals surface area contributed by atoms with Crippen molar-refractivity contribution in [3.63, 3.8) is 0 Å². The Bertz CT molecular complexity index is 473. The Morgan fingerprint density at radius 1 is 1.29 bits per heavy atom. The van der Waals surface area contributed by atoms with E-state index in [2.05, 4.69) is 0 Å². The zero-order valence-corrected chi connectivity index (χ0v) is 12.6. The van der Waals surface area contributed by atoms with Crippen molar-refractivity contribution < 1.29 is 24.1 Å². The molecule has 0 aromatic heterocycles. The van der Waals surface area contributed by atoms with E-state index in [9.17, 15) is 4.79 Å². The average Bonchev–Trinajstić information content (AvgIpc) is 2.46. The summed E-state index contributed by atoms with van der Waals surface area (Å²) in [6.45, 7) is 2.03. The van der Waals surface area contributed by atoms with Gasteiger partial charge in [-0.05, 0) is 18.6 Å². The summed E-state index contributed by atoms with van der Waals surface area (Å²) in [4.78, 5) is 10.6. The van der Waals surface area contributed by atoms with Crippen molar-refractivity contribution in [2.45, 2.75) is 6.42 Å². The topological polar surface area (TPSA) is 65.0 Å². The second-order valence-electron chi connectivity index (χ2n) is 4.14. The zero-order chi connectivity index (χ0) is 15.5. The lowest BCUT2D eigenvalue weighted by Crippen LogP contribution is -2.09. The highest BCUT2D eigenvalue weighted by Gasteiger charge is 2.06. The zero-order valence-electron chi connectivity index (χ0n) is 11.9. The van der Waals surface area contributed by atoms with Gasteiger partial charge < -0.3 is 19.3 Å². The molecule has 0 saturated carbocycles. The Morgan fingerprint density at radius 2 is 2.10 bits per heavy atom. The van der Waals surface area contributed by atoms with Crippen molar-refractivity contribution in [3.05, 3.63) is 34.9 Å². The van der Waals surface area contributed by atoms with Crippen molar-refractivity contribution in [2.24, 2.45) is 0 Å². The number of halogens is 1. The molecular formula is C15H19ClO5. The molecule has 1 aromatic rings. The van der Waals surface area contributed by atoms with Gasteiger partial charge in [-0.15, -0.1) is 0 Å². The van der Waals surface area contributed by atoms with Crippen LogP contribution in [-0.4, -0.2) is 44.6 Å². The summed E-state index contributed by atoms with van der Waals surface area (Å²) in [5, 5.41) is 9.09. The summed E-state index contributed by atoms with van der Waals surface area (Å²) in [5.74, 6) is -0.570. The van der Waals surface area contributed by atoms with Crippen molar-refractivity contribution in [3.8, 4) is 5.75 Å². The summed E-state index contributed by atoms with van der Waals surface area (Å²) in [6, 6.07) is 5.16. The number of hydrogen-bond acceptors (Lipinski definition) is 4. The molecule has 0 aliphatic carbocycles. The van der Waals surface area contributed by atoms with Crippen LogP contribution in [0.3, 0.4) is 0 Å². The van der Waals surface area contributed by atoms with Crippen LogP contribution < -0.4 is 4.74 Å². The van der Waals surface area contributed by atoms with Gasteiger partial charge in [-0.2, -0.15) is 0 Å². The van der Waals surface area contributed by atoms with Crippen LogP contribution in [0.15, 0.2) is 24.3 Å². The molecule has 0 radical (unpaired) electrons. The van der Waals surface area contributed by atoms with Gasteiger partial charge in [0.15, 0.2) is 0 Å². The second kappa shape index (κ2) is 10.2. The highest BCUT2D eigenvalue weighted by Crippen LogP contribution is 2.29. The Morgan fingerprint density at radius 3 is 2.81 bits per heavy atom. The van der Waals surface area contributed by atoms with Gasteiger partial charge in [0.25, 0.3) is 0 Å². The lowest BCUT2D eigenvalue weighted by molar-refractivity contribution is -0.131. The molecule has 0 unspecified atom stereocenters. The fourth-order valence-electron chi connectivity index (χ4n) is 1.58. The summed E-state index contributed by atoms with van der Waals surface area (Å²) in [6.07, 6.45) is 3.32. The minimum Gasteiger partial charge on any atom is -0.489 e. The summed E-state index contributed by atoms with van der Waals surface area (Å²) in [7, 11) is 1.65. The molecule has 0 fully saturated rings. The van der Waals surface area contributed by atoms with Crippen LogP contribution in [0.2, 0.25) is 5.02 Å². The van der Waals surface area contributed by atoms with E-state index >= 15 is 0 Å². The van der Waals surface area contributed by atoms with E-state index in [0.717, 1.165) is 12.5 Å². The predicted octanol–water partition coefficient (Wildman–Crippen LogP) is 2.87. The quantitative estimate of drug-likeness (QED) is 0.531. The van der Waals surface area contributed by atoms with Crippen LogP contribution >= 0.6 is 11.6 Å². The number of rotatable bonds is 10. The first-order valence-electron chi connectivity index (χ1n) is 6.54. The molecule has 0 atom stereocenters. The maximum atomic E-state index is 10.6. The van der Waals surface area contributed by atoms with Gasteiger partial charge in [0, 0.05) is 32.0 Å². The van der Waals surface area contributed by atoms with Crippen molar-refractivity contribution >= 4 is 23.6 Å². The minimum atomic E-state index is -1.03. The number of carbonyl (C=O) groups is 1. The van der Waals surface area contributed by atoms with Gasteiger partial charge in [-0.1, -0.05) is 23.7 Å². The highest BCUT2D eigenvalue weighted by atomic mass is 35.5. The van der Waals surface area contributed by atoms with Gasteiger partial charge in [-0.3, -0.25) is 0 Å². The SMILES string of the molecule is COCCCOCCOc1c(Cl)cccc1/C=C/C(=O)O. The molecule has 0 heterocycles. The van der Waals surface area contributed by atoms with Crippen molar-refractivity contribution in [1.82, 2.24) is 0 Å². The summed E-state index contributed by atoms with van der Waals surface area (Å²) in [5.41, 5.74) is 0.615. The van der Waals surface area contributed by atoms with Crippen LogP contribution in [0.25, 0.3) is 6.08 Å². The van der Waals surface area contributed by atoms with Crippen LogP contribution in [-0.2, 0) is 14.3 Å². The first-order chi connectivity index (χ1) is 10.1. The molecule has 0 spiro atoms. The monoisotopic (exact) mass is 314 g/mol. The van der Waals surface area contributed by atoms with Gasteiger partial charge in [0.1, 0.15) is 12.4 Å². The smallest absolute Gasteiger partial charge is 0.328 e. The van der Waals surface area contributed by atoms with Crippen molar-refractivity contribution in [1.29, 1.82) is 0 Å². The molecule has 0 bridgehead atoms. The van der Waals surface area contributed by atoms with Gasteiger partial charge in [-0.25, -0.2) is 4.79 Å². The summed E-state index contributed by atoms with van der Waals surface area (Å²) < 4.78 is 15.9. The van der Waals surface area contributed by atoms with Gasteiger partial charge >= 0.3 is 5.97 Å². The lowest BCUT2D eigenvalue weighted by atomic mass is 10.2. The van der Waals surface area contributed by atoms with E-state index in [-0.39, 0.29) is 0 Å². The molecule has 1 rings (SSSR count). The number of ether oxygens (including phenoxy) is 3. The number of hydrogen-bond donors (Lipinski definition) is 1. The number of methoxy groups -OCH3 is 1. The van der Waals surface area contributed by atoms with E-state index in [4.69, 9.17) is 30.9 Å². The van der Waals surface area contributed by atoms with Crippen LogP contribution in [0.4, 0.5) is 0 Å². The highest BCUT2D eigenvalue weighted by molar-refractivity contribution is 6.32. The van der Waals surface area contributed by atoms with E-state index in [0.29, 0.717) is 42.8 Å². The first-order valence-corrected chi connectivity index (χ1v) is 6.92. The van der Waals surface area contributed by atoms with E-state index in [1.807, 2.05) is 0 Å². The average molecular weight is 315 g/mol. The molecule has 5 nitrogen and oxygen atoms in total. The molecule has 0 aliphatic rings. The van der Waals surface area contributed by atoms with E-state index in [1.165, 1.54) is 6.08 Å². The molecule has 1 N–H and O–H groups in total. The molecule has 21 heavy (non-hydrogen) atoms. The molecule has 0 saturated heterocycles. The Balaban J connectivity index is 2.48. The molecule has 0 aliphatic heterocycles. The first kappa shape index (κ1) is 17.5. The molecule has 6 heteroatoms.